The van der Waals surface area contributed by atoms with Crippen LogP contribution in [0, 0.1) is 11.3 Å². The van der Waals surface area contributed by atoms with Gasteiger partial charge in [-0.15, -0.1) is 0 Å². The molecule has 2 aliphatic heterocycles. The molecule has 2 aromatic rings. The molecule has 172 valence electrons. The molecule has 2 aromatic carbocycles. The predicted molar refractivity (Wildman–Crippen MR) is 122 cm³/mol. The summed E-state index contributed by atoms with van der Waals surface area (Å²) in [6.07, 6.45) is 0.516. The van der Waals surface area contributed by atoms with Gasteiger partial charge in [-0.1, -0.05) is 81.4 Å². The fourth-order valence-corrected chi connectivity index (χ4v) is 4.60. The van der Waals surface area contributed by atoms with Crippen LogP contribution in [0.1, 0.15) is 44.7 Å². The molecule has 32 heavy (non-hydrogen) atoms. The molecule has 0 N–H and O–H groups in total. The number of rotatable bonds is 8. The molecule has 1 spiro atoms. The minimum absolute atomic E-state index is 0.154. The second-order valence-electron chi connectivity index (χ2n) is 9.49. The molecule has 2 aliphatic rings. The van der Waals surface area contributed by atoms with Crippen molar-refractivity contribution in [2.75, 3.05) is 13.2 Å². The van der Waals surface area contributed by atoms with Gasteiger partial charge >= 0.3 is 0 Å². The monoisotopic (exact) mass is 438 g/mol. The first-order valence-electron chi connectivity index (χ1n) is 11.5. The zero-order valence-electron chi connectivity index (χ0n) is 19.3. The SMILES string of the molecule is C[C@@H]1C(=O)C[C@]2(OC[C@@H](OCc3ccccc3)C2(C)C)O[C@@H]1CCOCc1ccccc1. The van der Waals surface area contributed by atoms with E-state index in [-0.39, 0.29) is 30.3 Å². The van der Waals surface area contributed by atoms with Crippen LogP contribution in [0.5, 0.6) is 0 Å². The maximum Gasteiger partial charge on any atom is 0.183 e. The lowest BCUT2D eigenvalue weighted by Crippen LogP contribution is -2.57. The number of carbonyl (C=O) groups excluding carboxylic acids is 1. The van der Waals surface area contributed by atoms with Crippen LogP contribution < -0.4 is 0 Å². The third-order valence-electron chi connectivity index (χ3n) is 7.02. The van der Waals surface area contributed by atoms with Crippen molar-refractivity contribution in [3.05, 3.63) is 71.8 Å². The van der Waals surface area contributed by atoms with Gasteiger partial charge in [-0.2, -0.15) is 0 Å². The highest BCUT2D eigenvalue weighted by atomic mass is 16.7. The largest absolute Gasteiger partial charge is 0.377 e. The van der Waals surface area contributed by atoms with E-state index in [4.69, 9.17) is 18.9 Å². The van der Waals surface area contributed by atoms with Crippen molar-refractivity contribution in [1.82, 2.24) is 0 Å². The molecular formula is C27H34O5. The van der Waals surface area contributed by atoms with Crippen LogP contribution in [-0.2, 0) is 37.0 Å². The van der Waals surface area contributed by atoms with Gasteiger partial charge in [-0.3, -0.25) is 4.79 Å². The average Bonchev–Trinajstić information content (AvgIpc) is 3.03. The van der Waals surface area contributed by atoms with E-state index in [0.29, 0.717) is 32.8 Å². The van der Waals surface area contributed by atoms with Crippen LogP contribution >= 0.6 is 0 Å². The van der Waals surface area contributed by atoms with E-state index in [9.17, 15) is 4.79 Å². The highest BCUT2D eigenvalue weighted by molar-refractivity contribution is 5.83. The first kappa shape index (κ1) is 23.1. The van der Waals surface area contributed by atoms with Gasteiger partial charge in [0, 0.05) is 17.9 Å². The molecule has 2 saturated heterocycles. The molecule has 5 nitrogen and oxygen atoms in total. The van der Waals surface area contributed by atoms with Gasteiger partial charge in [-0.25, -0.2) is 0 Å². The Balaban J connectivity index is 1.36. The lowest BCUT2D eigenvalue weighted by Gasteiger charge is -2.47. The van der Waals surface area contributed by atoms with Crippen molar-refractivity contribution in [3.8, 4) is 0 Å². The lowest BCUT2D eigenvalue weighted by molar-refractivity contribution is -0.297. The first-order chi connectivity index (χ1) is 15.4. The van der Waals surface area contributed by atoms with Crippen LogP contribution in [0.3, 0.4) is 0 Å². The summed E-state index contributed by atoms with van der Waals surface area (Å²) in [4.78, 5) is 13.0. The fraction of sp³-hybridized carbons (Fsp3) is 0.519. The molecule has 2 heterocycles. The summed E-state index contributed by atoms with van der Waals surface area (Å²) in [7, 11) is 0. The highest BCUT2D eigenvalue weighted by Crippen LogP contribution is 2.51. The molecule has 2 fully saturated rings. The molecule has 0 bridgehead atoms. The van der Waals surface area contributed by atoms with Gasteiger partial charge in [0.25, 0.3) is 0 Å². The Labute approximate surface area is 191 Å². The summed E-state index contributed by atoms with van der Waals surface area (Å²) in [6.45, 7) is 8.13. The molecule has 5 heteroatoms. The lowest BCUT2D eigenvalue weighted by atomic mass is 9.74. The quantitative estimate of drug-likeness (QED) is 0.547. The van der Waals surface area contributed by atoms with E-state index >= 15 is 0 Å². The Bertz CT molecular complexity index is 881. The van der Waals surface area contributed by atoms with E-state index in [1.165, 1.54) is 0 Å². The van der Waals surface area contributed by atoms with Crippen LogP contribution in [-0.4, -0.2) is 37.0 Å². The number of ketones is 1. The normalized spacial score (nSPS) is 29.5. The smallest absolute Gasteiger partial charge is 0.183 e. The van der Waals surface area contributed by atoms with Crippen molar-refractivity contribution in [1.29, 1.82) is 0 Å². The fourth-order valence-electron chi connectivity index (χ4n) is 4.60. The van der Waals surface area contributed by atoms with Crippen molar-refractivity contribution in [3.63, 3.8) is 0 Å². The van der Waals surface area contributed by atoms with E-state index in [0.717, 1.165) is 11.1 Å². The third-order valence-corrected chi connectivity index (χ3v) is 7.02. The summed E-state index contributed by atoms with van der Waals surface area (Å²) in [5.41, 5.74) is 1.80. The van der Waals surface area contributed by atoms with E-state index in [2.05, 4.69) is 13.8 Å². The Morgan fingerprint density at radius 2 is 1.59 bits per heavy atom. The summed E-state index contributed by atoms with van der Waals surface area (Å²) >= 11 is 0. The van der Waals surface area contributed by atoms with Crippen molar-refractivity contribution >= 4 is 5.78 Å². The summed E-state index contributed by atoms with van der Waals surface area (Å²) in [5, 5.41) is 0. The maximum atomic E-state index is 13.0. The Hall–Kier alpha value is -2.05. The van der Waals surface area contributed by atoms with E-state index in [1.54, 1.807) is 0 Å². The standard InChI is InChI=1S/C27H34O5/c1-20-23(28)16-27(32-24(20)14-15-29-17-21-10-6-4-7-11-21)26(2,3)25(19-31-27)30-18-22-12-8-5-9-13-22/h4-13,20,24-25H,14-19H2,1-3H3/t20-,24-,25-,27+/m1/s1. The van der Waals surface area contributed by atoms with Crippen molar-refractivity contribution in [2.45, 2.75) is 64.8 Å². The number of Topliss-reactive ketones (excluding diaryl/α,β-unsaturated/α-hetero) is 1. The number of carbonyl (C=O) groups is 1. The molecule has 0 unspecified atom stereocenters. The van der Waals surface area contributed by atoms with Gasteiger partial charge in [0.1, 0.15) is 5.78 Å². The van der Waals surface area contributed by atoms with Crippen LogP contribution in [0.4, 0.5) is 0 Å². The topological polar surface area (TPSA) is 54.0 Å². The number of hydrogen-bond acceptors (Lipinski definition) is 5. The number of benzene rings is 2. The molecule has 0 amide bonds. The van der Waals surface area contributed by atoms with Crippen LogP contribution in [0.2, 0.25) is 0 Å². The molecule has 0 saturated carbocycles. The maximum absolute atomic E-state index is 13.0. The molecule has 4 atom stereocenters. The zero-order valence-corrected chi connectivity index (χ0v) is 19.3. The highest BCUT2D eigenvalue weighted by Gasteiger charge is 2.62. The van der Waals surface area contributed by atoms with Gasteiger partial charge in [0.05, 0.1) is 38.4 Å². The molecule has 0 radical (unpaired) electrons. The van der Waals surface area contributed by atoms with Gasteiger partial charge < -0.3 is 18.9 Å². The second-order valence-corrected chi connectivity index (χ2v) is 9.49. The molecule has 4 rings (SSSR count). The van der Waals surface area contributed by atoms with Crippen molar-refractivity contribution in [2.24, 2.45) is 11.3 Å². The second kappa shape index (κ2) is 9.84. The summed E-state index contributed by atoms with van der Waals surface area (Å²) in [5.74, 6) is -0.951. The van der Waals surface area contributed by atoms with Crippen LogP contribution in [0.25, 0.3) is 0 Å². The average molecular weight is 439 g/mol. The predicted octanol–water partition coefficient (Wildman–Crippen LogP) is 4.93. The van der Waals surface area contributed by atoms with Gasteiger partial charge in [-0.05, 0) is 17.5 Å². The zero-order chi connectivity index (χ0) is 22.6. The Morgan fingerprint density at radius 1 is 0.969 bits per heavy atom. The first-order valence-corrected chi connectivity index (χ1v) is 11.5. The summed E-state index contributed by atoms with van der Waals surface area (Å²) < 4.78 is 24.9. The molecule has 0 aromatic heterocycles. The van der Waals surface area contributed by atoms with Gasteiger partial charge in [0.2, 0.25) is 0 Å². The summed E-state index contributed by atoms with van der Waals surface area (Å²) in [6, 6.07) is 20.2. The van der Waals surface area contributed by atoms with Crippen molar-refractivity contribution < 1.29 is 23.7 Å². The van der Waals surface area contributed by atoms with Gasteiger partial charge in [0.15, 0.2) is 5.79 Å². The van der Waals surface area contributed by atoms with E-state index < -0.39 is 11.2 Å². The molecule has 0 aliphatic carbocycles. The minimum atomic E-state index is -0.956. The minimum Gasteiger partial charge on any atom is -0.377 e. The Morgan fingerprint density at radius 3 is 2.25 bits per heavy atom. The van der Waals surface area contributed by atoms with Crippen LogP contribution in [0.15, 0.2) is 60.7 Å². The van der Waals surface area contributed by atoms with E-state index in [1.807, 2.05) is 67.6 Å². The number of hydrogen-bond donors (Lipinski definition) is 0. The Kier molecular flexibility index (Phi) is 7.11. The molecular weight excluding hydrogens is 404 g/mol. The third kappa shape index (κ3) is 4.81. The number of ether oxygens (including phenoxy) is 4.